The lowest BCUT2D eigenvalue weighted by atomic mass is 10.1. The Hall–Kier alpha value is -4.15. The van der Waals surface area contributed by atoms with Crippen LogP contribution in [0.25, 0.3) is 0 Å². The maximum absolute atomic E-state index is 13.6. The number of nitrogens with zero attached hydrogens (tertiary/aromatic N) is 3. The number of rotatable bonds is 5. The van der Waals surface area contributed by atoms with E-state index in [-0.39, 0.29) is 11.3 Å². The number of anilines is 3. The number of hydrogen-bond donors (Lipinski definition) is 1. The van der Waals surface area contributed by atoms with Crippen molar-refractivity contribution in [3.05, 3.63) is 93.8 Å². The predicted octanol–water partition coefficient (Wildman–Crippen LogP) is 5.33. The van der Waals surface area contributed by atoms with Gasteiger partial charge in [-0.25, -0.2) is 0 Å². The topological polar surface area (TPSA) is 78.7 Å². The molecule has 1 amide bonds. The number of amides is 1. The third-order valence-corrected chi connectivity index (χ3v) is 5.72. The Bertz CT molecular complexity index is 1240. The number of para-hydroxylation sites is 1. The molecule has 11 heteroatoms. The lowest BCUT2D eigenvalue weighted by molar-refractivity contribution is -0.387. The van der Waals surface area contributed by atoms with E-state index in [1.807, 2.05) is 35.2 Å². The second-order valence-electron chi connectivity index (χ2n) is 7.92. The van der Waals surface area contributed by atoms with Gasteiger partial charge in [0.25, 0.3) is 5.91 Å². The van der Waals surface area contributed by atoms with Crippen LogP contribution < -0.4 is 15.1 Å². The van der Waals surface area contributed by atoms with Crippen molar-refractivity contribution in [3.63, 3.8) is 0 Å². The van der Waals surface area contributed by atoms with Gasteiger partial charge in [-0.05, 0) is 42.5 Å². The molecule has 182 valence electrons. The first-order valence-corrected chi connectivity index (χ1v) is 10.6. The van der Waals surface area contributed by atoms with Crippen LogP contribution in [0.15, 0.2) is 66.7 Å². The van der Waals surface area contributed by atoms with Crippen LogP contribution in [0, 0.1) is 15.9 Å². The molecule has 0 bridgehead atoms. The Morgan fingerprint density at radius 1 is 0.914 bits per heavy atom. The average molecular weight is 488 g/mol. The number of nitro groups is 1. The first kappa shape index (κ1) is 24.0. The van der Waals surface area contributed by atoms with Crippen LogP contribution in [-0.4, -0.2) is 37.0 Å². The predicted molar refractivity (Wildman–Crippen MR) is 123 cm³/mol. The number of piperazine rings is 1. The minimum absolute atomic E-state index is 0.0926. The summed E-state index contributed by atoms with van der Waals surface area (Å²) in [6, 6.07) is 15.3. The Labute approximate surface area is 197 Å². The molecule has 7 nitrogen and oxygen atoms in total. The highest BCUT2D eigenvalue weighted by Gasteiger charge is 2.32. The number of halogens is 4. The van der Waals surface area contributed by atoms with Crippen LogP contribution in [0.3, 0.4) is 0 Å². The van der Waals surface area contributed by atoms with Gasteiger partial charge in [-0.1, -0.05) is 18.2 Å². The number of carbonyl (C=O) groups is 1. The van der Waals surface area contributed by atoms with E-state index in [0.29, 0.717) is 31.9 Å². The van der Waals surface area contributed by atoms with E-state index >= 15 is 0 Å². The number of carbonyl (C=O) groups excluding carboxylic acids is 1. The van der Waals surface area contributed by atoms with Crippen molar-refractivity contribution in [1.29, 1.82) is 0 Å². The van der Waals surface area contributed by atoms with E-state index in [1.165, 1.54) is 6.07 Å². The second kappa shape index (κ2) is 9.61. The lowest BCUT2D eigenvalue weighted by Crippen LogP contribution is -2.46. The van der Waals surface area contributed by atoms with Gasteiger partial charge in [0.05, 0.1) is 21.9 Å². The zero-order valence-electron chi connectivity index (χ0n) is 18.3. The molecule has 0 spiro atoms. The van der Waals surface area contributed by atoms with Crippen molar-refractivity contribution in [3.8, 4) is 0 Å². The fourth-order valence-electron chi connectivity index (χ4n) is 3.92. The van der Waals surface area contributed by atoms with Crippen LogP contribution in [0.5, 0.6) is 0 Å². The fraction of sp³-hybridized carbons (Fsp3) is 0.208. The van der Waals surface area contributed by atoms with Crippen LogP contribution in [0.2, 0.25) is 0 Å². The molecule has 0 saturated carbocycles. The number of hydrogen-bond acceptors (Lipinski definition) is 5. The third-order valence-electron chi connectivity index (χ3n) is 5.72. The molecule has 1 saturated heterocycles. The fourth-order valence-corrected chi connectivity index (χ4v) is 3.92. The molecule has 1 aliphatic rings. The van der Waals surface area contributed by atoms with Crippen molar-refractivity contribution in [2.24, 2.45) is 0 Å². The number of alkyl halides is 3. The molecule has 3 aromatic rings. The van der Waals surface area contributed by atoms with E-state index < -0.39 is 34.1 Å². The third kappa shape index (κ3) is 5.34. The summed E-state index contributed by atoms with van der Waals surface area (Å²) in [6.45, 7) is 2.21. The molecule has 0 unspecified atom stereocenters. The van der Waals surface area contributed by atoms with Crippen LogP contribution in [0.1, 0.15) is 15.9 Å². The summed E-state index contributed by atoms with van der Waals surface area (Å²) in [5, 5.41) is 13.4. The van der Waals surface area contributed by atoms with Gasteiger partial charge < -0.3 is 15.1 Å². The summed E-state index contributed by atoms with van der Waals surface area (Å²) in [5.74, 6) is -2.01. The van der Waals surface area contributed by atoms with Gasteiger partial charge in [0.15, 0.2) is 0 Å². The quantitative estimate of drug-likeness (QED) is 0.298. The normalized spacial score (nSPS) is 14.1. The van der Waals surface area contributed by atoms with E-state index in [2.05, 4.69) is 10.2 Å². The van der Waals surface area contributed by atoms with Crippen molar-refractivity contribution in [2.75, 3.05) is 41.3 Å². The van der Waals surface area contributed by atoms with Crippen LogP contribution in [0.4, 0.5) is 40.3 Å². The Kier molecular flexibility index (Phi) is 6.59. The monoisotopic (exact) mass is 488 g/mol. The molecule has 0 radical (unpaired) electrons. The summed E-state index contributed by atoms with van der Waals surface area (Å²) < 4.78 is 53.8. The average Bonchev–Trinajstić information content (AvgIpc) is 2.84. The van der Waals surface area contributed by atoms with Crippen molar-refractivity contribution >= 4 is 28.7 Å². The molecule has 4 rings (SSSR count). The van der Waals surface area contributed by atoms with Gasteiger partial charge >= 0.3 is 11.9 Å². The van der Waals surface area contributed by atoms with Gasteiger partial charge in [0.1, 0.15) is 0 Å². The molecule has 0 aliphatic carbocycles. The molecule has 0 aromatic heterocycles. The smallest absolute Gasteiger partial charge is 0.368 e. The maximum Gasteiger partial charge on any atom is 0.416 e. The zero-order valence-corrected chi connectivity index (χ0v) is 18.3. The van der Waals surface area contributed by atoms with E-state index in [0.717, 1.165) is 36.0 Å². The standard InChI is InChI=1S/C24H20F4N4O3/c25-19-8-6-16(14-22(19)32(34)35)23(33)29-20-15-17(24(26,27)28)7-9-21(20)31-12-10-30(11-13-31)18-4-2-1-3-5-18/h1-9,14-15H,10-13H2,(H,29,33). The van der Waals surface area contributed by atoms with E-state index in [4.69, 9.17) is 0 Å². The summed E-state index contributed by atoms with van der Waals surface area (Å²) in [6.07, 6.45) is -4.64. The highest BCUT2D eigenvalue weighted by molar-refractivity contribution is 6.06. The molecular weight excluding hydrogens is 468 g/mol. The second-order valence-corrected chi connectivity index (χ2v) is 7.92. The molecule has 1 fully saturated rings. The Balaban J connectivity index is 1.60. The SMILES string of the molecule is O=C(Nc1cc(C(F)(F)F)ccc1N1CCN(c2ccccc2)CC1)c1ccc(F)c([N+](=O)[O-])c1. The summed E-state index contributed by atoms with van der Waals surface area (Å²) >= 11 is 0. The zero-order chi connectivity index (χ0) is 25.2. The Morgan fingerprint density at radius 3 is 2.20 bits per heavy atom. The van der Waals surface area contributed by atoms with Crippen molar-refractivity contribution in [2.45, 2.75) is 6.18 Å². The minimum atomic E-state index is -4.64. The van der Waals surface area contributed by atoms with Crippen molar-refractivity contribution < 1.29 is 27.3 Å². The largest absolute Gasteiger partial charge is 0.416 e. The van der Waals surface area contributed by atoms with Gasteiger partial charge in [0.2, 0.25) is 5.82 Å². The summed E-state index contributed by atoms with van der Waals surface area (Å²) in [5.41, 5.74) is -0.787. The summed E-state index contributed by atoms with van der Waals surface area (Å²) in [4.78, 5) is 26.8. The first-order chi connectivity index (χ1) is 16.6. The number of nitro benzene ring substituents is 1. The molecule has 0 atom stereocenters. The van der Waals surface area contributed by atoms with Gasteiger partial charge in [-0.3, -0.25) is 14.9 Å². The molecule has 1 aliphatic heterocycles. The van der Waals surface area contributed by atoms with Crippen molar-refractivity contribution in [1.82, 2.24) is 0 Å². The number of benzene rings is 3. The highest BCUT2D eigenvalue weighted by Crippen LogP contribution is 2.36. The minimum Gasteiger partial charge on any atom is -0.368 e. The van der Waals surface area contributed by atoms with Crippen LogP contribution >= 0.6 is 0 Å². The molecular formula is C24H20F4N4O3. The molecule has 1 heterocycles. The molecule has 35 heavy (non-hydrogen) atoms. The van der Waals surface area contributed by atoms with E-state index in [1.54, 1.807) is 0 Å². The maximum atomic E-state index is 13.6. The Morgan fingerprint density at radius 2 is 1.57 bits per heavy atom. The van der Waals surface area contributed by atoms with Gasteiger partial charge in [0, 0.05) is 43.5 Å². The van der Waals surface area contributed by atoms with Gasteiger partial charge in [-0.2, -0.15) is 17.6 Å². The van der Waals surface area contributed by atoms with Crippen LogP contribution in [-0.2, 0) is 6.18 Å². The van der Waals surface area contributed by atoms with E-state index in [9.17, 15) is 32.5 Å². The lowest BCUT2D eigenvalue weighted by Gasteiger charge is -2.38. The molecule has 1 N–H and O–H groups in total. The summed E-state index contributed by atoms with van der Waals surface area (Å²) in [7, 11) is 0. The highest BCUT2D eigenvalue weighted by atomic mass is 19.4. The van der Waals surface area contributed by atoms with Gasteiger partial charge in [-0.15, -0.1) is 0 Å². The number of nitrogens with one attached hydrogen (secondary N) is 1. The molecule has 3 aromatic carbocycles. The first-order valence-electron chi connectivity index (χ1n) is 10.6.